The van der Waals surface area contributed by atoms with Crippen molar-refractivity contribution in [2.24, 2.45) is 0 Å². The van der Waals surface area contributed by atoms with Crippen LogP contribution >= 0.6 is 0 Å². The molecular weight excluding hydrogens is 356 g/mol. The van der Waals surface area contributed by atoms with Gasteiger partial charge >= 0.3 is 0 Å². The lowest BCUT2D eigenvalue weighted by atomic mass is 10.2. The summed E-state index contributed by atoms with van der Waals surface area (Å²) in [7, 11) is 3.40. The van der Waals surface area contributed by atoms with Crippen molar-refractivity contribution in [3.8, 4) is 5.75 Å². The first-order valence-electron chi connectivity index (χ1n) is 9.47. The molecule has 0 bridgehead atoms. The first-order chi connectivity index (χ1) is 13.3. The van der Waals surface area contributed by atoms with Gasteiger partial charge in [0.15, 0.2) is 0 Å². The average molecular weight is 384 g/mol. The van der Waals surface area contributed by atoms with Gasteiger partial charge in [0.05, 0.1) is 5.69 Å². The third kappa shape index (κ3) is 4.22. The number of amides is 1. The Kier molecular flexibility index (Phi) is 5.79. The van der Waals surface area contributed by atoms with E-state index in [2.05, 4.69) is 25.2 Å². The summed E-state index contributed by atoms with van der Waals surface area (Å²) in [5.74, 6) is 1.06. The zero-order chi connectivity index (χ0) is 20.4. The van der Waals surface area contributed by atoms with Gasteiger partial charge < -0.3 is 20.2 Å². The second kappa shape index (κ2) is 8.10. The van der Waals surface area contributed by atoms with Gasteiger partial charge in [0, 0.05) is 56.7 Å². The van der Waals surface area contributed by atoms with Crippen molar-refractivity contribution < 1.29 is 9.90 Å². The Morgan fingerprint density at radius 1 is 1.25 bits per heavy atom. The summed E-state index contributed by atoms with van der Waals surface area (Å²) in [5, 5.41) is 13.4. The maximum atomic E-state index is 12.3. The fourth-order valence-electron chi connectivity index (χ4n) is 3.31. The minimum Gasteiger partial charge on any atom is -0.506 e. The smallest absolute Gasteiger partial charge is 0.291 e. The maximum Gasteiger partial charge on any atom is 0.291 e. The molecule has 1 amide bonds. The first-order valence-corrected chi connectivity index (χ1v) is 9.47. The fourth-order valence-corrected chi connectivity index (χ4v) is 3.31. The highest BCUT2D eigenvalue weighted by Gasteiger charge is 2.27. The van der Waals surface area contributed by atoms with Gasteiger partial charge in [0.1, 0.15) is 11.6 Å². The van der Waals surface area contributed by atoms with Crippen LogP contribution in [0.1, 0.15) is 39.7 Å². The van der Waals surface area contributed by atoms with Gasteiger partial charge in [-0.15, -0.1) is 0 Å². The van der Waals surface area contributed by atoms with Gasteiger partial charge in [-0.3, -0.25) is 9.78 Å². The Labute approximate surface area is 165 Å². The summed E-state index contributed by atoms with van der Waals surface area (Å²) in [5.41, 5.74) is 3.36. The third-order valence-corrected chi connectivity index (χ3v) is 5.10. The predicted molar refractivity (Wildman–Crippen MR) is 108 cm³/mol. The van der Waals surface area contributed by atoms with Crippen molar-refractivity contribution in [2.75, 3.05) is 32.1 Å². The van der Waals surface area contributed by atoms with Crippen molar-refractivity contribution in [3.63, 3.8) is 0 Å². The second-order valence-corrected chi connectivity index (χ2v) is 7.51. The quantitative estimate of drug-likeness (QED) is 0.808. The molecule has 8 nitrogen and oxygen atoms in total. The molecule has 1 aliphatic rings. The molecule has 1 fully saturated rings. The van der Waals surface area contributed by atoms with Crippen LogP contribution in [0.25, 0.3) is 0 Å². The summed E-state index contributed by atoms with van der Waals surface area (Å²) in [6.07, 6.45) is 0.950. The number of nitrogens with one attached hydrogen (secondary N) is 1. The highest BCUT2D eigenvalue weighted by atomic mass is 16.3. The van der Waals surface area contributed by atoms with Crippen LogP contribution < -0.4 is 10.2 Å². The number of carbonyl (C=O) groups is 1. The van der Waals surface area contributed by atoms with Crippen molar-refractivity contribution in [1.82, 2.24) is 25.2 Å². The molecule has 0 radical (unpaired) electrons. The molecule has 2 N–H and O–H groups in total. The van der Waals surface area contributed by atoms with Crippen molar-refractivity contribution in [3.05, 3.63) is 40.6 Å². The van der Waals surface area contributed by atoms with E-state index in [0.717, 1.165) is 42.3 Å². The normalized spacial score (nSPS) is 16.5. The Balaban J connectivity index is 1.71. The van der Waals surface area contributed by atoms with Crippen LogP contribution in [0, 0.1) is 20.8 Å². The van der Waals surface area contributed by atoms with Crippen LogP contribution in [0.5, 0.6) is 5.75 Å². The molecule has 8 heteroatoms. The summed E-state index contributed by atoms with van der Waals surface area (Å²) in [4.78, 5) is 29.3. The van der Waals surface area contributed by atoms with E-state index in [0.29, 0.717) is 12.2 Å². The maximum absolute atomic E-state index is 12.3. The van der Waals surface area contributed by atoms with Gasteiger partial charge in [0.25, 0.3) is 5.91 Å². The van der Waals surface area contributed by atoms with Crippen LogP contribution in [0.2, 0.25) is 0 Å². The molecule has 0 unspecified atom stereocenters. The van der Waals surface area contributed by atoms with E-state index in [1.165, 1.54) is 4.90 Å². The van der Waals surface area contributed by atoms with E-state index >= 15 is 0 Å². The number of hydrogen-bond acceptors (Lipinski definition) is 7. The number of aromatic hydroxyl groups is 1. The van der Waals surface area contributed by atoms with Gasteiger partial charge in [-0.1, -0.05) is 0 Å². The molecule has 3 heterocycles. The monoisotopic (exact) mass is 384 g/mol. The van der Waals surface area contributed by atoms with E-state index < -0.39 is 0 Å². The van der Waals surface area contributed by atoms with Crippen LogP contribution in [-0.4, -0.2) is 64.1 Å². The van der Waals surface area contributed by atoms with Crippen molar-refractivity contribution >= 4 is 11.7 Å². The standard InChI is InChI=1S/C20H28N6O2/c1-12-6-7-17(27)16(22-12)10-21-15-8-9-26(11-15)19-13(2)14(3)23-18(24-19)20(28)25(4)5/h6-7,15,21,27H,8-11H2,1-5H3/t15-/m1/s1. The van der Waals surface area contributed by atoms with Gasteiger partial charge in [-0.05, 0) is 39.3 Å². The Morgan fingerprint density at radius 2 is 2.00 bits per heavy atom. The number of pyridine rings is 1. The van der Waals surface area contributed by atoms with Crippen LogP contribution in [0.4, 0.5) is 5.82 Å². The minimum atomic E-state index is -0.195. The lowest BCUT2D eigenvalue weighted by molar-refractivity contribution is 0.0815. The molecule has 0 aliphatic carbocycles. The number of anilines is 1. The van der Waals surface area contributed by atoms with E-state index in [9.17, 15) is 9.90 Å². The molecule has 1 aliphatic heterocycles. The topological polar surface area (TPSA) is 94.5 Å². The zero-order valence-corrected chi connectivity index (χ0v) is 17.2. The molecule has 28 heavy (non-hydrogen) atoms. The van der Waals surface area contributed by atoms with Crippen molar-refractivity contribution in [1.29, 1.82) is 0 Å². The number of aryl methyl sites for hydroxylation is 2. The Bertz CT molecular complexity index is 883. The van der Waals surface area contributed by atoms with Gasteiger partial charge in [-0.2, -0.15) is 0 Å². The zero-order valence-electron chi connectivity index (χ0n) is 17.2. The molecule has 0 spiro atoms. The Hall–Kier alpha value is -2.74. The fraction of sp³-hybridized carbons (Fsp3) is 0.500. The molecule has 150 valence electrons. The highest BCUT2D eigenvalue weighted by Crippen LogP contribution is 2.24. The molecule has 2 aromatic heterocycles. The molecule has 1 atom stereocenters. The summed E-state index contributed by atoms with van der Waals surface area (Å²) in [6, 6.07) is 3.73. The summed E-state index contributed by atoms with van der Waals surface area (Å²) in [6.45, 7) is 7.94. The number of hydrogen-bond donors (Lipinski definition) is 2. The van der Waals surface area contributed by atoms with E-state index in [1.807, 2.05) is 20.8 Å². The number of nitrogens with zero attached hydrogens (tertiary/aromatic N) is 5. The number of aromatic nitrogens is 3. The lowest BCUT2D eigenvalue weighted by Crippen LogP contribution is -2.33. The van der Waals surface area contributed by atoms with E-state index in [-0.39, 0.29) is 23.5 Å². The van der Waals surface area contributed by atoms with Crippen LogP contribution in [0.3, 0.4) is 0 Å². The largest absolute Gasteiger partial charge is 0.506 e. The highest BCUT2D eigenvalue weighted by molar-refractivity contribution is 5.90. The molecule has 0 saturated carbocycles. The first kappa shape index (κ1) is 20.0. The van der Waals surface area contributed by atoms with E-state index in [4.69, 9.17) is 0 Å². The molecule has 0 aromatic carbocycles. The second-order valence-electron chi connectivity index (χ2n) is 7.51. The molecule has 1 saturated heterocycles. The van der Waals surface area contributed by atoms with Crippen LogP contribution in [-0.2, 0) is 6.54 Å². The molecule has 2 aromatic rings. The van der Waals surface area contributed by atoms with Crippen LogP contribution in [0.15, 0.2) is 12.1 Å². The Morgan fingerprint density at radius 3 is 2.71 bits per heavy atom. The molecular formula is C20H28N6O2. The molecule has 3 rings (SSSR count). The minimum absolute atomic E-state index is 0.195. The average Bonchev–Trinajstić information content (AvgIpc) is 3.12. The summed E-state index contributed by atoms with van der Waals surface area (Å²) >= 11 is 0. The number of rotatable bonds is 5. The predicted octanol–water partition coefficient (Wildman–Crippen LogP) is 1.57. The lowest BCUT2D eigenvalue weighted by Gasteiger charge is -2.22. The van der Waals surface area contributed by atoms with Gasteiger partial charge in [-0.25, -0.2) is 9.97 Å². The SMILES string of the molecule is Cc1ccc(O)c(CN[C@@H]2CCN(c3nc(C(=O)N(C)C)nc(C)c3C)C2)n1. The third-order valence-electron chi connectivity index (χ3n) is 5.10. The van der Waals surface area contributed by atoms with Crippen molar-refractivity contribution in [2.45, 2.75) is 39.8 Å². The summed E-state index contributed by atoms with van der Waals surface area (Å²) < 4.78 is 0. The van der Waals surface area contributed by atoms with Gasteiger partial charge in [0.2, 0.25) is 5.82 Å². The number of carbonyl (C=O) groups excluding carboxylic acids is 1. The van der Waals surface area contributed by atoms with E-state index in [1.54, 1.807) is 26.2 Å².